The van der Waals surface area contributed by atoms with Gasteiger partial charge >= 0.3 is 0 Å². The summed E-state index contributed by atoms with van der Waals surface area (Å²) in [6.45, 7) is 1.80. The maximum absolute atomic E-state index is 6.07. The molecule has 15 heavy (non-hydrogen) atoms. The van der Waals surface area contributed by atoms with Crippen molar-refractivity contribution >= 4 is 28.1 Å². The van der Waals surface area contributed by atoms with Crippen LogP contribution in [0.15, 0.2) is 24.3 Å². The van der Waals surface area contributed by atoms with Gasteiger partial charge in [0.25, 0.3) is 0 Å². The minimum absolute atomic E-state index is 0.720. The molecular weight excluding hydrogens is 210 g/mol. The highest BCUT2D eigenvalue weighted by atomic mass is 35.5. The van der Waals surface area contributed by atoms with Gasteiger partial charge < -0.3 is 5.32 Å². The van der Waals surface area contributed by atoms with Crippen molar-refractivity contribution in [3.63, 3.8) is 0 Å². The molecule has 0 atom stereocenters. The van der Waals surface area contributed by atoms with Crippen LogP contribution in [0, 0.1) is 0 Å². The Morgan fingerprint density at radius 3 is 3.07 bits per heavy atom. The van der Waals surface area contributed by atoms with Gasteiger partial charge in [0, 0.05) is 18.5 Å². The highest BCUT2D eigenvalue weighted by molar-refractivity contribution is 6.35. The quantitative estimate of drug-likeness (QED) is 0.772. The van der Waals surface area contributed by atoms with E-state index in [4.69, 9.17) is 11.6 Å². The lowest BCUT2D eigenvalue weighted by molar-refractivity contribution is 0.895. The van der Waals surface area contributed by atoms with Gasteiger partial charge in [0.15, 0.2) is 0 Å². The zero-order chi connectivity index (χ0) is 10.3. The van der Waals surface area contributed by atoms with Crippen molar-refractivity contribution in [3.8, 4) is 0 Å². The molecule has 3 nitrogen and oxygen atoms in total. The molecule has 0 saturated carbocycles. The maximum atomic E-state index is 6.07. The van der Waals surface area contributed by atoms with Gasteiger partial charge in [-0.1, -0.05) is 29.8 Å². The van der Waals surface area contributed by atoms with Crippen LogP contribution in [0.2, 0.25) is 5.02 Å². The Hall–Kier alpha value is -1.32. The number of halogens is 1. The van der Waals surface area contributed by atoms with Gasteiger partial charge in [-0.3, -0.25) is 5.10 Å². The summed E-state index contributed by atoms with van der Waals surface area (Å²) in [6, 6.07) is 5.86. The number of aromatic amines is 1. The second-order valence-electron chi connectivity index (χ2n) is 3.59. The highest BCUT2D eigenvalue weighted by Crippen LogP contribution is 2.27. The summed E-state index contributed by atoms with van der Waals surface area (Å²) in [5.41, 5.74) is 3.17. The third-order valence-electron chi connectivity index (χ3n) is 2.66. The van der Waals surface area contributed by atoms with E-state index in [1.54, 1.807) is 0 Å². The molecule has 0 spiro atoms. The van der Waals surface area contributed by atoms with Crippen molar-refractivity contribution in [3.05, 3.63) is 35.0 Å². The summed E-state index contributed by atoms with van der Waals surface area (Å²) >= 11 is 6.07. The second kappa shape index (κ2) is 3.36. The lowest BCUT2D eigenvalue weighted by atomic mass is 10.1. The van der Waals surface area contributed by atoms with E-state index in [1.165, 1.54) is 5.57 Å². The van der Waals surface area contributed by atoms with Crippen molar-refractivity contribution in [1.29, 1.82) is 0 Å². The Kier molecular flexibility index (Phi) is 2.01. The first-order valence-corrected chi connectivity index (χ1v) is 5.27. The topological polar surface area (TPSA) is 40.7 Å². The third-order valence-corrected chi connectivity index (χ3v) is 2.98. The van der Waals surface area contributed by atoms with E-state index in [-0.39, 0.29) is 0 Å². The summed E-state index contributed by atoms with van der Waals surface area (Å²) in [6.07, 6.45) is 2.16. The summed E-state index contributed by atoms with van der Waals surface area (Å²) in [4.78, 5) is 0. The van der Waals surface area contributed by atoms with E-state index in [0.29, 0.717) is 0 Å². The number of hydrogen-bond donors (Lipinski definition) is 2. The molecule has 1 aliphatic heterocycles. The number of rotatable bonds is 1. The van der Waals surface area contributed by atoms with Gasteiger partial charge in [0.2, 0.25) is 0 Å². The van der Waals surface area contributed by atoms with E-state index in [1.807, 2.05) is 18.2 Å². The van der Waals surface area contributed by atoms with E-state index < -0.39 is 0 Å². The molecule has 1 aromatic heterocycles. The minimum atomic E-state index is 0.720. The number of hydrogen-bond acceptors (Lipinski definition) is 2. The largest absolute Gasteiger partial charge is 0.309 e. The molecule has 0 radical (unpaired) electrons. The van der Waals surface area contributed by atoms with Crippen LogP contribution in [0.3, 0.4) is 0 Å². The highest BCUT2D eigenvalue weighted by Gasteiger charge is 2.14. The molecule has 2 N–H and O–H groups in total. The predicted octanol–water partition coefficient (Wildman–Crippen LogP) is 2.20. The van der Waals surface area contributed by atoms with E-state index in [0.717, 1.165) is 34.7 Å². The number of nitrogens with one attached hydrogen (secondary N) is 2. The molecule has 76 valence electrons. The molecule has 0 amide bonds. The smallest absolute Gasteiger partial charge is 0.0969 e. The van der Waals surface area contributed by atoms with Crippen LogP contribution in [0.1, 0.15) is 5.69 Å². The van der Waals surface area contributed by atoms with Gasteiger partial charge in [-0.05, 0) is 11.6 Å². The molecule has 2 heterocycles. The standard InChI is InChI=1S/C11H10ClN3/c12-9-3-1-2-8-10(14-15-11(8)9)7-4-5-13-6-7/h1-4,13H,5-6H2,(H,14,15). The van der Waals surface area contributed by atoms with Gasteiger partial charge in [0.05, 0.1) is 16.2 Å². The van der Waals surface area contributed by atoms with Crippen LogP contribution >= 0.6 is 11.6 Å². The zero-order valence-corrected chi connectivity index (χ0v) is 8.80. The van der Waals surface area contributed by atoms with E-state index in [2.05, 4.69) is 21.6 Å². The van der Waals surface area contributed by atoms with Crippen molar-refractivity contribution in [1.82, 2.24) is 15.5 Å². The van der Waals surface area contributed by atoms with Gasteiger partial charge in [-0.25, -0.2) is 0 Å². The molecule has 2 aromatic rings. The summed E-state index contributed by atoms with van der Waals surface area (Å²) in [5, 5.41) is 12.4. The Morgan fingerprint density at radius 2 is 2.27 bits per heavy atom. The predicted molar refractivity (Wildman–Crippen MR) is 62.0 cm³/mol. The Bertz CT molecular complexity index is 542. The normalized spacial score (nSPS) is 15.9. The molecule has 0 fully saturated rings. The zero-order valence-electron chi connectivity index (χ0n) is 8.05. The number of aromatic nitrogens is 2. The molecule has 1 aliphatic rings. The Labute approximate surface area is 92.1 Å². The third kappa shape index (κ3) is 1.35. The Morgan fingerprint density at radius 1 is 1.33 bits per heavy atom. The first-order valence-electron chi connectivity index (χ1n) is 4.89. The van der Waals surface area contributed by atoms with Crippen LogP contribution in [0.4, 0.5) is 0 Å². The second-order valence-corrected chi connectivity index (χ2v) is 4.00. The fourth-order valence-electron chi connectivity index (χ4n) is 1.91. The molecule has 4 heteroatoms. The lowest BCUT2D eigenvalue weighted by Gasteiger charge is -1.97. The molecule has 3 rings (SSSR count). The first-order chi connectivity index (χ1) is 7.36. The fraction of sp³-hybridized carbons (Fsp3) is 0.182. The number of fused-ring (bicyclic) bond motifs is 1. The van der Waals surface area contributed by atoms with E-state index in [9.17, 15) is 0 Å². The average molecular weight is 220 g/mol. The van der Waals surface area contributed by atoms with Crippen LogP contribution < -0.4 is 5.32 Å². The van der Waals surface area contributed by atoms with Crippen LogP contribution in [-0.2, 0) is 0 Å². The van der Waals surface area contributed by atoms with Gasteiger partial charge in [-0.15, -0.1) is 0 Å². The van der Waals surface area contributed by atoms with E-state index >= 15 is 0 Å². The summed E-state index contributed by atoms with van der Waals surface area (Å²) < 4.78 is 0. The minimum Gasteiger partial charge on any atom is -0.309 e. The molecular formula is C11H10ClN3. The van der Waals surface area contributed by atoms with Gasteiger partial charge in [0.1, 0.15) is 0 Å². The SMILES string of the molecule is Clc1cccc2c(C3=CCNC3)n[nH]c12. The molecule has 0 aliphatic carbocycles. The van der Waals surface area contributed by atoms with Crippen molar-refractivity contribution in [2.24, 2.45) is 0 Å². The van der Waals surface area contributed by atoms with Crippen LogP contribution in [0.25, 0.3) is 16.5 Å². The summed E-state index contributed by atoms with van der Waals surface area (Å²) in [7, 11) is 0. The van der Waals surface area contributed by atoms with Crippen molar-refractivity contribution in [2.75, 3.05) is 13.1 Å². The van der Waals surface area contributed by atoms with Crippen molar-refractivity contribution < 1.29 is 0 Å². The summed E-state index contributed by atoms with van der Waals surface area (Å²) in [5.74, 6) is 0. The van der Waals surface area contributed by atoms with Crippen LogP contribution in [0.5, 0.6) is 0 Å². The molecule has 0 bridgehead atoms. The Balaban J connectivity index is 2.24. The first kappa shape index (κ1) is 8.95. The molecule has 1 aromatic carbocycles. The monoisotopic (exact) mass is 219 g/mol. The number of nitrogens with zero attached hydrogens (tertiary/aromatic N) is 1. The average Bonchev–Trinajstić information content (AvgIpc) is 2.85. The number of para-hydroxylation sites is 1. The van der Waals surface area contributed by atoms with Gasteiger partial charge in [-0.2, -0.15) is 5.10 Å². The van der Waals surface area contributed by atoms with Crippen molar-refractivity contribution in [2.45, 2.75) is 0 Å². The van der Waals surface area contributed by atoms with Crippen LogP contribution in [-0.4, -0.2) is 23.3 Å². The molecule has 0 unspecified atom stereocenters. The fourth-order valence-corrected chi connectivity index (χ4v) is 2.12. The molecule has 0 saturated heterocycles. The lowest BCUT2D eigenvalue weighted by Crippen LogP contribution is -2.07. The number of benzene rings is 1. The number of H-pyrrole nitrogens is 1. The maximum Gasteiger partial charge on any atom is 0.0969 e.